The number of urea groups is 1. The molecule has 1 aliphatic heterocycles. The molecule has 202 valence electrons. The molecule has 0 spiro atoms. The standard InChI is InChI=1S/C25H29N5O8/c1-5-37-20-11-17(23-22(24(32)36-4)15(3)27-25(33)28-23)8-9-19(20)38-13-21(31)29-26-12-16-7-6-14(2)18(10-16)30(34)35/h6-12,21,23,29,31H,5,13H2,1-4H3,(H2,27,28,33)/b26-12-/t21-,23+/m0/s1. The van der Waals surface area contributed by atoms with Crippen molar-refractivity contribution in [2.24, 2.45) is 5.10 Å². The number of hydrogen-bond acceptors (Lipinski definition) is 10. The minimum atomic E-state index is -1.21. The molecule has 1 heterocycles. The summed E-state index contributed by atoms with van der Waals surface area (Å²) < 4.78 is 16.3. The Morgan fingerprint density at radius 3 is 2.68 bits per heavy atom. The highest BCUT2D eigenvalue weighted by molar-refractivity contribution is 5.95. The molecule has 0 radical (unpaired) electrons. The molecule has 0 aliphatic carbocycles. The van der Waals surface area contributed by atoms with Gasteiger partial charge < -0.3 is 30.0 Å². The number of rotatable bonds is 11. The number of benzene rings is 2. The number of nitro groups is 1. The number of nitrogens with one attached hydrogen (secondary N) is 3. The summed E-state index contributed by atoms with van der Waals surface area (Å²) >= 11 is 0. The van der Waals surface area contributed by atoms with Crippen molar-refractivity contribution in [2.75, 3.05) is 20.3 Å². The Labute approximate surface area is 218 Å². The number of hydrazone groups is 1. The molecule has 0 fully saturated rings. The molecule has 2 atom stereocenters. The summed E-state index contributed by atoms with van der Waals surface area (Å²) in [7, 11) is 1.26. The molecule has 38 heavy (non-hydrogen) atoms. The van der Waals surface area contributed by atoms with Crippen molar-refractivity contribution in [1.82, 2.24) is 16.1 Å². The number of hydrogen-bond donors (Lipinski definition) is 4. The number of nitro benzene ring substituents is 1. The Bertz CT molecular complexity index is 1280. The molecule has 0 saturated carbocycles. The molecule has 13 nitrogen and oxygen atoms in total. The first kappa shape index (κ1) is 27.9. The predicted molar refractivity (Wildman–Crippen MR) is 137 cm³/mol. The quantitative estimate of drug-likeness (QED) is 0.112. The molecule has 0 bridgehead atoms. The first-order chi connectivity index (χ1) is 18.1. The van der Waals surface area contributed by atoms with E-state index < -0.39 is 29.2 Å². The van der Waals surface area contributed by atoms with E-state index in [2.05, 4.69) is 21.2 Å². The molecule has 3 rings (SSSR count). The van der Waals surface area contributed by atoms with E-state index in [0.717, 1.165) is 0 Å². The molecule has 13 heteroatoms. The zero-order valence-electron chi connectivity index (χ0n) is 21.3. The number of amides is 2. The minimum Gasteiger partial charge on any atom is -0.490 e. The van der Waals surface area contributed by atoms with Crippen LogP contribution in [0.2, 0.25) is 0 Å². The maximum absolute atomic E-state index is 12.4. The number of carbonyl (C=O) groups is 2. The van der Waals surface area contributed by atoms with E-state index in [1.165, 1.54) is 19.4 Å². The number of carbonyl (C=O) groups excluding carboxylic acids is 2. The summed E-state index contributed by atoms with van der Waals surface area (Å²) in [5, 5.41) is 30.5. The molecule has 2 aromatic carbocycles. The summed E-state index contributed by atoms with van der Waals surface area (Å²) in [4.78, 5) is 35.0. The lowest BCUT2D eigenvalue weighted by Crippen LogP contribution is -2.45. The van der Waals surface area contributed by atoms with Crippen LogP contribution in [0.25, 0.3) is 0 Å². The predicted octanol–water partition coefficient (Wildman–Crippen LogP) is 2.42. The summed E-state index contributed by atoms with van der Waals surface area (Å²) in [6.45, 7) is 5.13. The molecule has 2 aromatic rings. The van der Waals surface area contributed by atoms with E-state index in [-0.39, 0.29) is 17.9 Å². The maximum atomic E-state index is 12.4. The number of esters is 1. The van der Waals surface area contributed by atoms with Gasteiger partial charge in [-0.1, -0.05) is 18.2 Å². The Morgan fingerprint density at radius 1 is 1.24 bits per heavy atom. The molecular weight excluding hydrogens is 498 g/mol. The van der Waals surface area contributed by atoms with E-state index >= 15 is 0 Å². The second-order valence-electron chi connectivity index (χ2n) is 8.22. The van der Waals surface area contributed by atoms with Crippen molar-refractivity contribution in [3.63, 3.8) is 0 Å². The van der Waals surface area contributed by atoms with Crippen molar-refractivity contribution in [3.8, 4) is 11.5 Å². The van der Waals surface area contributed by atoms with Gasteiger partial charge in [-0.15, -0.1) is 0 Å². The number of aliphatic hydroxyl groups is 1. The second-order valence-corrected chi connectivity index (χ2v) is 8.22. The van der Waals surface area contributed by atoms with E-state index in [4.69, 9.17) is 14.2 Å². The number of methoxy groups -OCH3 is 1. The van der Waals surface area contributed by atoms with E-state index in [1.807, 2.05) is 0 Å². The van der Waals surface area contributed by atoms with Gasteiger partial charge in [0.25, 0.3) is 5.69 Å². The second kappa shape index (κ2) is 12.5. The Kier molecular flexibility index (Phi) is 9.22. The topological polar surface area (TPSA) is 174 Å². The summed E-state index contributed by atoms with van der Waals surface area (Å²) in [5.41, 5.74) is 4.66. The Hall–Kier alpha value is -4.65. The highest BCUT2D eigenvalue weighted by Crippen LogP contribution is 2.34. The maximum Gasteiger partial charge on any atom is 0.337 e. The lowest BCUT2D eigenvalue weighted by Gasteiger charge is -2.28. The fourth-order valence-electron chi connectivity index (χ4n) is 3.72. The zero-order chi connectivity index (χ0) is 27.8. The number of ether oxygens (including phenoxy) is 3. The van der Waals surface area contributed by atoms with Gasteiger partial charge >= 0.3 is 12.0 Å². The zero-order valence-corrected chi connectivity index (χ0v) is 21.3. The van der Waals surface area contributed by atoms with Crippen LogP contribution in [0.4, 0.5) is 10.5 Å². The third kappa shape index (κ3) is 6.76. The molecule has 0 aromatic heterocycles. The molecule has 0 saturated heterocycles. The highest BCUT2D eigenvalue weighted by Gasteiger charge is 2.32. The summed E-state index contributed by atoms with van der Waals surface area (Å²) in [6.07, 6.45) is 0.138. The van der Waals surface area contributed by atoms with Crippen LogP contribution in [0.15, 0.2) is 52.8 Å². The van der Waals surface area contributed by atoms with Gasteiger partial charge in [0.05, 0.1) is 36.5 Å². The summed E-state index contributed by atoms with van der Waals surface area (Å²) in [5.74, 6) is 0.0609. The number of allylic oxidation sites excluding steroid dienone is 1. The van der Waals surface area contributed by atoms with E-state index in [9.17, 15) is 24.8 Å². The molecule has 1 aliphatic rings. The normalized spacial score (nSPS) is 15.9. The number of nitrogens with zero attached hydrogens (tertiary/aromatic N) is 2. The largest absolute Gasteiger partial charge is 0.490 e. The van der Waals surface area contributed by atoms with E-state index in [1.54, 1.807) is 51.1 Å². The van der Waals surface area contributed by atoms with Crippen LogP contribution in [-0.2, 0) is 9.53 Å². The summed E-state index contributed by atoms with van der Waals surface area (Å²) in [6, 6.07) is 8.31. The lowest BCUT2D eigenvalue weighted by molar-refractivity contribution is -0.385. The van der Waals surface area contributed by atoms with Crippen LogP contribution in [0.1, 0.15) is 36.6 Å². The van der Waals surface area contributed by atoms with E-state index in [0.29, 0.717) is 40.5 Å². The van der Waals surface area contributed by atoms with Gasteiger partial charge in [-0.2, -0.15) is 5.10 Å². The van der Waals surface area contributed by atoms with Gasteiger partial charge in [-0.25, -0.2) is 9.59 Å². The molecule has 4 N–H and O–H groups in total. The number of aliphatic hydroxyl groups excluding tert-OH is 1. The average Bonchev–Trinajstić information content (AvgIpc) is 2.88. The third-order valence-electron chi connectivity index (χ3n) is 5.54. The molecular formula is C25H29N5O8. The van der Waals surface area contributed by atoms with Crippen LogP contribution in [0.5, 0.6) is 11.5 Å². The number of aryl methyl sites for hydroxylation is 1. The van der Waals surface area contributed by atoms with Crippen molar-refractivity contribution in [2.45, 2.75) is 33.0 Å². The lowest BCUT2D eigenvalue weighted by atomic mass is 9.95. The molecule has 2 amide bonds. The third-order valence-corrected chi connectivity index (χ3v) is 5.54. The molecule has 0 unspecified atom stereocenters. The van der Waals surface area contributed by atoms with Gasteiger partial charge in [-0.05, 0) is 38.5 Å². The highest BCUT2D eigenvalue weighted by atomic mass is 16.6. The van der Waals surface area contributed by atoms with Gasteiger partial charge in [0.2, 0.25) is 0 Å². The van der Waals surface area contributed by atoms with Crippen LogP contribution < -0.4 is 25.5 Å². The van der Waals surface area contributed by atoms with Gasteiger partial charge in [0.15, 0.2) is 17.7 Å². The van der Waals surface area contributed by atoms with Crippen LogP contribution in [-0.4, -0.2) is 54.8 Å². The smallest absolute Gasteiger partial charge is 0.337 e. The van der Waals surface area contributed by atoms with Gasteiger partial charge in [-0.3, -0.25) is 15.5 Å². The average molecular weight is 528 g/mol. The fraction of sp³-hybridized carbons (Fsp3) is 0.320. The first-order valence-corrected chi connectivity index (χ1v) is 11.6. The fourth-order valence-corrected chi connectivity index (χ4v) is 3.72. The van der Waals surface area contributed by atoms with Gasteiger partial charge in [0, 0.05) is 22.9 Å². The van der Waals surface area contributed by atoms with Crippen LogP contribution in [0.3, 0.4) is 0 Å². The van der Waals surface area contributed by atoms with Crippen LogP contribution >= 0.6 is 0 Å². The Morgan fingerprint density at radius 2 is 2.00 bits per heavy atom. The van der Waals surface area contributed by atoms with Crippen molar-refractivity contribution < 1.29 is 33.8 Å². The van der Waals surface area contributed by atoms with Gasteiger partial charge in [0.1, 0.15) is 6.61 Å². The monoisotopic (exact) mass is 527 g/mol. The van der Waals surface area contributed by atoms with Crippen molar-refractivity contribution in [3.05, 3.63) is 74.5 Å². The minimum absolute atomic E-state index is 0.0295. The van der Waals surface area contributed by atoms with Crippen LogP contribution in [0, 0.1) is 17.0 Å². The van der Waals surface area contributed by atoms with Crippen molar-refractivity contribution in [1.29, 1.82) is 0 Å². The SMILES string of the molecule is CCOc1cc([C@H]2NC(=O)NC(C)=C2C(=O)OC)ccc1OC[C@H](O)N/N=C\c1ccc(C)c([N+](=O)[O-])c1. The van der Waals surface area contributed by atoms with Crippen molar-refractivity contribution >= 4 is 23.9 Å². The first-order valence-electron chi connectivity index (χ1n) is 11.6. The Balaban J connectivity index is 1.70.